The maximum absolute atomic E-state index is 12.0. The van der Waals surface area contributed by atoms with Gasteiger partial charge in [-0.15, -0.1) is 0 Å². The normalized spacial score (nSPS) is 10.8. The van der Waals surface area contributed by atoms with E-state index in [9.17, 15) is 9.90 Å². The number of aliphatic hydroxyl groups is 1. The third kappa shape index (κ3) is 3.57. The van der Waals surface area contributed by atoms with Gasteiger partial charge in [-0.05, 0) is 23.3 Å². The summed E-state index contributed by atoms with van der Waals surface area (Å²) in [5.74, 6) is -0.0180. The first-order valence-corrected chi connectivity index (χ1v) is 7.62. The molecule has 0 aliphatic rings. The maximum atomic E-state index is 12.0. The van der Waals surface area contributed by atoms with Crippen molar-refractivity contribution >= 4 is 16.9 Å². The van der Waals surface area contributed by atoms with Crippen molar-refractivity contribution in [2.24, 2.45) is 0 Å². The minimum Gasteiger partial charge on any atom is -0.392 e. The van der Waals surface area contributed by atoms with Crippen LogP contribution in [0.15, 0.2) is 54.9 Å². The predicted molar refractivity (Wildman–Crippen MR) is 88.6 cm³/mol. The standard InChI is InChI=1S/C18H19N3O2/c22-12-15-6-2-1-5-14(15)11-19-18(23)9-10-21-13-20-16-7-3-4-8-17(16)21/h1-8,13,22H,9-12H2,(H,19,23). The molecule has 118 valence electrons. The fourth-order valence-electron chi connectivity index (χ4n) is 2.58. The van der Waals surface area contributed by atoms with Crippen LogP contribution in [-0.2, 0) is 24.5 Å². The van der Waals surface area contributed by atoms with Gasteiger partial charge in [-0.3, -0.25) is 4.79 Å². The summed E-state index contributed by atoms with van der Waals surface area (Å²) in [5.41, 5.74) is 3.75. The van der Waals surface area contributed by atoms with E-state index >= 15 is 0 Å². The SMILES string of the molecule is O=C(CCn1cnc2ccccc21)NCc1ccccc1CO. The van der Waals surface area contributed by atoms with Gasteiger partial charge in [0.2, 0.25) is 5.91 Å². The Bertz CT molecular complexity index is 811. The largest absolute Gasteiger partial charge is 0.392 e. The number of imidazole rings is 1. The van der Waals surface area contributed by atoms with Gasteiger partial charge in [-0.25, -0.2) is 4.98 Å². The van der Waals surface area contributed by atoms with E-state index in [0.29, 0.717) is 19.5 Å². The van der Waals surface area contributed by atoms with Gasteiger partial charge in [0.1, 0.15) is 0 Å². The number of aromatic nitrogens is 2. The second kappa shape index (κ2) is 7.07. The summed E-state index contributed by atoms with van der Waals surface area (Å²) in [4.78, 5) is 16.4. The molecule has 0 fully saturated rings. The second-order valence-electron chi connectivity index (χ2n) is 5.38. The summed E-state index contributed by atoms with van der Waals surface area (Å²) in [7, 11) is 0. The number of nitrogens with one attached hydrogen (secondary N) is 1. The van der Waals surface area contributed by atoms with Crippen LogP contribution in [0, 0.1) is 0 Å². The van der Waals surface area contributed by atoms with Crippen LogP contribution >= 0.6 is 0 Å². The molecule has 0 atom stereocenters. The third-order valence-corrected chi connectivity index (χ3v) is 3.87. The topological polar surface area (TPSA) is 67.2 Å². The number of aliphatic hydroxyl groups excluding tert-OH is 1. The highest BCUT2D eigenvalue weighted by atomic mass is 16.3. The lowest BCUT2D eigenvalue weighted by Gasteiger charge is -2.09. The van der Waals surface area contributed by atoms with Crippen molar-refractivity contribution in [3.05, 3.63) is 66.0 Å². The number of hydrogen-bond donors (Lipinski definition) is 2. The minimum absolute atomic E-state index is 0.0180. The number of benzene rings is 2. The molecule has 0 unspecified atom stereocenters. The first kappa shape index (κ1) is 15.2. The van der Waals surface area contributed by atoms with Crippen LogP contribution in [0.4, 0.5) is 0 Å². The monoisotopic (exact) mass is 309 g/mol. The minimum atomic E-state index is -0.0208. The molecule has 5 heteroatoms. The van der Waals surface area contributed by atoms with Gasteiger partial charge in [0, 0.05) is 19.5 Å². The van der Waals surface area contributed by atoms with Gasteiger partial charge in [0.15, 0.2) is 0 Å². The zero-order valence-electron chi connectivity index (χ0n) is 12.8. The molecule has 0 radical (unpaired) electrons. The summed E-state index contributed by atoms with van der Waals surface area (Å²) in [6.45, 7) is 1.00. The van der Waals surface area contributed by atoms with Crippen molar-refractivity contribution in [1.29, 1.82) is 0 Å². The highest BCUT2D eigenvalue weighted by Gasteiger charge is 2.06. The Labute approximate surface area is 134 Å². The molecular formula is C18H19N3O2. The number of hydrogen-bond acceptors (Lipinski definition) is 3. The molecule has 0 aliphatic carbocycles. The van der Waals surface area contributed by atoms with E-state index in [1.165, 1.54) is 0 Å². The Morgan fingerprint density at radius 2 is 1.83 bits per heavy atom. The first-order chi connectivity index (χ1) is 11.3. The Hall–Kier alpha value is -2.66. The van der Waals surface area contributed by atoms with E-state index in [0.717, 1.165) is 22.2 Å². The number of nitrogens with zero attached hydrogens (tertiary/aromatic N) is 2. The molecule has 3 aromatic rings. The lowest BCUT2D eigenvalue weighted by atomic mass is 10.1. The summed E-state index contributed by atoms with van der Waals surface area (Å²) >= 11 is 0. The Kier molecular flexibility index (Phi) is 4.68. The van der Waals surface area contributed by atoms with Gasteiger partial charge < -0.3 is 15.0 Å². The van der Waals surface area contributed by atoms with E-state index in [-0.39, 0.29) is 12.5 Å². The molecule has 0 spiro atoms. The zero-order chi connectivity index (χ0) is 16.1. The molecule has 23 heavy (non-hydrogen) atoms. The molecule has 1 amide bonds. The van der Waals surface area contributed by atoms with Gasteiger partial charge >= 0.3 is 0 Å². The molecule has 1 aromatic heterocycles. The zero-order valence-corrected chi connectivity index (χ0v) is 12.8. The van der Waals surface area contributed by atoms with E-state index in [1.54, 1.807) is 6.33 Å². The summed E-state index contributed by atoms with van der Waals surface area (Å²) in [5, 5.41) is 12.2. The summed E-state index contributed by atoms with van der Waals surface area (Å²) in [6.07, 6.45) is 2.15. The van der Waals surface area contributed by atoms with Gasteiger partial charge in [-0.1, -0.05) is 36.4 Å². The van der Waals surface area contributed by atoms with Crippen LogP contribution < -0.4 is 5.32 Å². The predicted octanol–water partition coefficient (Wildman–Crippen LogP) is 2.24. The maximum Gasteiger partial charge on any atom is 0.222 e. The van der Waals surface area contributed by atoms with Crippen molar-refractivity contribution in [2.45, 2.75) is 26.1 Å². The number of fused-ring (bicyclic) bond motifs is 1. The van der Waals surface area contributed by atoms with Gasteiger partial charge in [0.25, 0.3) is 0 Å². The van der Waals surface area contributed by atoms with Crippen LogP contribution in [-0.4, -0.2) is 20.6 Å². The summed E-state index contributed by atoms with van der Waals surface area (Å²) in [6, 6.07) is 15.4. The second-order valence-corrected chi connectivity index (χ2v) is 5.38. The molecule has 2 N–H and O–H groups in total. The third-order valence-electron chi connectivity index (χ3n) is 3.87. The number of amides is 1. The van der Waals surface area contributed by atoms with Crippen molar-refractivity contribution in [1.82, 2.24) is 14.9 Å². The van der Waals surface area contributed by atoms with Crippen LogP contribution in [0.25, 0.3) is 11.0 Å². The Balaban J connectivity index is 1.56. The lowest BCUT2D eigenvalue weighted by molar-refractivity contribution is -0.121. The van der Waals surface area contributed by atoms with Crippen molar-refractivity contribution < 1.29 is 9.90 Å². The molecule has 0 bridgehead atoms. The Morgan fingerprint density at radius 1 is 1.09 bits per heavy atom. The van der Waals surface area contributed by atoms with Crippen LogP contribution in [0.5, 0.6) is 0 Å². The van der Waals surface area contributed by atoms with Gasteiger partial charge in [-0.2, -0.15) is 0 Å². The van der Waals surface area contributed by atoms with E-state index in [4.69, 9.17) is 0 Å². The number of carbonyl (C=O) groups is 1. The highest BCUT2D eigenvalue weighted by Crippen LogP contribution is 2.12. The average Bonchev–Trinajstić information content (AvgIpc) is 3.01. The number of carbonyl (C=O) groups excluding carboxylic acids is 1. The highest BCUT2D eigenvalue weighted by molar-refractivity contribution is 5.77. The molecular weight excluding hydrogens is 290 g/mol. The van der Waals surface area contributed by atoms with E-state index in [2.05, 4.69) is 10.3 Å². The smallest absolute Gasteiger partial charge is 0.222 e. The van der Waals surface area contributed by atoms with Crippen LogP contribution in [0.2, 0.25) is 0 Å². The molecule has 2 aromatic carbocycles. The Morgan fingerprint density at radius 3 is 2.65 bits per heavy atom. The lowest BCUT2D eigenvalue weighted by Crippen LogP contribution is -2.24. The molecule has 1 heterocycles. The van der Waals surface area contributed by atoms with Crippen LogP contribution in [0.3, 0.4) is 0 Å². The molecule has 3 rings (SSSR count). The number of rotatable bonds is 6. The quantitative estimate of drug-likeness (QED) is 0.734. The number of para-hydroxylation sites is 2. The van der Waals surface area contributed by atoms with Gasteiger partial charge in [0.05, 0.1) is 24.0 Å². The molecule has 0 saturated carbocycles. The fourth-order valence-corrected chi connectivity index (χ4v) is 2.58. The van der Waals surface area contributed by atoms with Crippen LogP contribution in [0.1, 0.15) is 17.5 Å². The van der Waals surface area contributed by atoms with Crippen molar-refractivity contribution in [2.75, 3.05) is 0 Å². The first-order valence-electron chi connectivity index (χ1n) is 7.62. The number of aryl methyl sites for hydroxylation is 1. The van der Waals surface area contributed by atoms with Crippen molar-refractivity contribution in [3.8, 4) is 0 Å². The van der Waals surface area contributed by atoms with E-state index in [1.807, 2.05) is 53.1 Å². The average molecular weight is 309 g/mol. The molecule has 0 saturated heterocycles. The van der Waals surface area contributed by atoms with Crippen molar-refractivity contribution in [3.63, 3.8) is 0 Å². The van der Waals surface area contributed by atoms with E-state index < -0.39 is 0 Å². The fraction of sp³-hybridized carbons (Fsp3) is 0.222. The molecule has 0 aliphatic heterocycles. The molecule has 5 nitrogen and oxygen atoms in total. The summed E-state index contributed by atoms with van der Waals surface area (Å²) < 4.78 is 1.98.